The molecule has 7 nitrogen and oxygen atoms in total. The van der Waals surface area contributed by atoms with Crippen molar-refractivity contribution in [2.75, 3.05) is 31.5 Å². The number of imide groups is 1. The Morgan fingerprint density at radius 1 is 0.962 bits per heavy atom. The Morgan fingerprint density at radius 3 is 2.38 bits per heavy atom. The van der Waals surface area contributed by atoms with Gasteiger partial charge < -0.3 is 19.5 Å². The minimum Gasteiger partial charge on any atom is -0.497 e. The summed E-state index contributed by atoms with van der Waals surface area (Å²) in [4.78, 5) is 26.4. The van der Waals surface area contributed by atoms with Gasteiger partial charge in [0.1, 0.15) is 23.3 Å². The van der Waals surface area contributed by atoms with Crippen molar-refractivity contribution in [1.82, 2.24) is 0 Å². The molecule has 1 heterocycles. The number of hydrogen-bond acceptors (Lipinski definition) is 6. The largest absolute Gasteiger partial charge is 0.497 e. The molecule has 2 aromatic carbocycles. The summed E-state index contributed by atoms with van der Waals surface area (Å²) in [6, 6.07) is 11.4. The van der Waals surface area contributed by atoms with Gasteiger partial charge in [-0.05, 0) is 24.3 Å². The molecule has 7 heteroatoms. The van der Waals surface area contributed by atoms with Crippen LogP contribution in [0, 0.1) is 0 Å². The van der Waals surface area contributed by atoms with E-state index < -0.39 is 6.04 Å². The van der Waals surface area contributed by atoms with Crippen LogP contribution in [0.5, 0.6) is 17.2 Å². The number of rotatable bonds is 6. The van der Waals surface area contributed by atoms with E-state index in [0.29, 0.717) is 28.6 Å². The predicted octanol–water partition coefficient (Wildman–Crippen LogP) is 2.46. The van der Waals surface area contributed by atoms with Crippen LogP contribution >= 0.6 is 0 Å². The van der Waals surface area contributed by atoms with Gasteiger partial charge in [0, 0.05) is 12.1 Å². The topological polar surface area (TPSA) is 77.1 Å². The molecule has 1 atom stereocenters. The van der Waals surface area contributed by atoms with Gasteiger partial charge in [0.15, 0.2) is 0 Å². The Morgan fingerprint density at radius 2 is 1.69 bits per heavy atom. The molecular weight excluding hydrogens is 336 g/mol. The summed E-state index contributed by atoms with van der Waals surface area (Å²) in [5.41, 5.74) is 1.11. The number of anilines is 2. The summed E-state index contributed by atoms with van der Waals surface area (Å²) >= 11 is 0. The fourth-order valence-corrected chi connectivity index (χ4v) is 2.87. The lowest BCUT2D eigenvalue weighted by atomic mass is 10.2. The molecule has 2 amide bonds. The molecule has 2 aromatic rings. The average molecular weight is 356 g/mol. The number of benzene rings is 2. The predicted molar refractivity (Wildman–Crippen MR) is 97.1 cm³/mol. The van der Waals surface area contributed by atoms with Gasteiger partial charge in [-0.1, -0.05) is 6.07 Å². The van der Waals surface area contributed by atoms with E-state index in [2.05, 4.69) is 5.32 Å². The number of ether oxygens (including phenoxy) is 3. The van der Waals surface area contributed by atoms with Gasteiger partial charge in [0.05, 0.1) is 39.1 Å². The van der Waals surface area contributed by atoms with Gasteiger partial charge in [-0.25, -0.2) is 4.90 Å². The van der Waals surface area contributed by atoms with E-state index >= 15 is 0 Å². The molecule has 1 aliphatic rings. The highest BCUT2D eigenvalue weighted by Crippen LogP contribution is 2.32. The van der Waals surface area contributed by atoms with Gasteiger partial charge in [0.25, 0.3) is 5.91 Å². The number of hydrogen-bond donors (Lipinski definition) is 1. The first-order valence-corrected chi connectivity index (χ1v) is 8.06. The minimum atomic E-state index is -0.670. The summed E-state index contributed by atoms with van der Waals surface area (Å²) in [5.74, 6) is 1.16. The normalized spacial score (nSPS) is 16.6. The van der Waals surface area contributed by atoms with E-state index in [1.807, 2.05) is 0 Å². The van der Waals surface area contributed by atoms with Crippen LogP contribution in [0.3, 0.4) is 0 Å². The number of nitrogens with zero attached hydrogens (tertiary/aromatic N) is 1. The number of carbonyl (C=O) groups is 2. The summed E-state index contributed by atoms with van der Waals surface area (Å²) in [6.45, 7) is 0. The van der Waals surface area contributed by atoms with E-state index in [4.69, 9.17) is 14.2 Å². The lowest BCUT2D eigenvalue weighted by Crippen LogP contribution is -2.34. The molecule has 3 rings (SSSR count). The summed E-state index contributed by atoms with van der Waals surface area (Å²) in [7, 11) is 4.63. The van der Waals surface area contributed by atoms with Gasteiger partial charge in [0.2, 0.25) is 5.91 Å². The van der Waals surface area contributed by atoms with Crippen LogP contribution < -0.4 is 24.4 Å². The quantitative estimate of drug-likeness (QED) is 0.801. The third kappa shape index (κ3) is 3.28. The maximum Gasteiger partial charge on any atom is 0.256 e. The molecule has 0 spiro atoms. The highest BCUT2D eigenvalue weighted by atomic mass is 16.5. The third-order valence-electron chi connectivity index (χ3n) is 4.20. The number of amides is 2. The molecular formula is C19H20N2O5. The summed E-state index contributed by atoms with van der Waals surface area (Å²) < 4.78 is 15.7. The smallest absolute Gasteiger partial charge is 0.256 e. The monoisotopic (exact) mass is 356 g/mol. The molecule has 0 radical (unpaired) electrons. The van der Waals surface area contributed by atoms with Crippen molar-refractivity contribution in [2.45, 2.75) is 12.5 Å². The molecule has 1 N–H and O–H groups in total. The maximum absolute atomic E-state index is 12.8. The first-order chi connectivity index (χ1) is 12.6. The van der Waals surface area contributed by atoms with Crippen molar-refractivity contribution in [3.8, 4) is 17.2 Å². The van der Waals surface area contributed by atoms with E-state index in [1.54, 1.807) is 49.6 Å². The number of methoxy groups -OCH3 is 3. The SMILES string of the molecule is COc1cccc(N2C(=O)C[C@H](Nc3ccc(OC)cc3OC)C2=O)c1. The van der Waals surface area contributed by atoms with Crippen molar-refractivity contribution in [2.24, 2.45) is 0 Å². The van der Waals surface area contributed by atoms with E-state index in [-0.39, 0.29) is 18.2 Å². The number of carbonyl (C=O) groups excluding carboxylic acids is 2. The summed E-state index contributed by atoms with van der Waals surface area (Å²) in [6.07, 6.45) is 0.0607. The average Bonchev–Trinajstić information content (AvgIpc) is 2.95. The van der Waals surface area contributed by atoms with Crippen LogP contribution in [-0.2, 0) is 9.59 Å². The Bertz CT molecular complexity index is 836. The molecule has 1 fully saturated rings. The first kappa shape index (κ1) is 17.6. The lowest BCUT2D eigenvalue weighted by molar-refractivity contribution is -0.121. The zero-order chi connectivity index (χ0) is 18.7. The Balaban J connectivity index is 1.83. The molecule has 0 unspecified atom stereocenters. The highest BCUT2D eigenvalue weighted by Gasteiger charge is 2.40. The van der Waals surface area contributed by atoms with Crippen LogP contribution in [0.1, 0.15) is 6.42 Å². The minimum absolute atomic E-state index is 0.0607. The Kier molecular flexibility index (Phi) is 4.97. The molecule has 0 saturated carbocycles. The fraction of sp³-hybridized carbons (Fsp3) is 0.263. The van der Waals surface area contributed by atoms with Crippen LogP contribution in [0.2, 0.25) is 0 Å². The van der Waals surface area contributed by atoms with Crippen LogP contribution in [-0.4, -0.2) is 39.2 Å². The van der Waals surface area contributed by atoms with E-state index in [0.717, 1.165) is 0 Å². The van der Waals surface area contributed by atoms with Crippen molar-refractivity contribution >= 4 is 23.2 Å². The number of nitrogens with one attached hydrogen (secondary N) is 1. The second-order valence-corrected chi connectivity index (χ2v) is 5.74. The third-order valence-corrected chi connectivity index (χ3v) is 4.20. The second-order valence-electron chi connectivity index (χ2n) is 5.74. The molecule has 1 aliphatic heterocycles. The van der Waals surface area contributed by atoms with Crippen molar-refractivity contribution in [3.05, 3.63) is 42.5 Å². The van der Waals surface area contributed by atoms with Gasteiger partial charge in [-0.2, -0.15) is 0 Å². The van der Waals surface area contributed by atoms with Crippen molar-refractivity contribution in [3.63, 3.8) is 0 Å². The highest BCUT2D eigenvalue weighted by molar-refractivity contribution is 6.23. The Labute approximate surface area is 151 Å². The molecule has 26 heavy (non-hydrogen) atoms. The maximum atomic E-state index is 12.8. The van der Waals surface area contributed by atoms with E-state index in [1.165, 1.54) is 19.1 Å². The molecule has 0 aliphatic carbocycles. The van der Waals surface area contributed by atoms with Crippen molar-refractivity contribution in [1.29, 1.82) is 0 Å². The second kappa shape index (κ2) is 7.35. The van der Waals surface area contributed by atoms with Crippen molar-refractivity contribution < 1.29 is 23.8 Å². The zero-order valence-corrected chi connectivity index (χ0v) is 14.8. The molecule has 0 bridgehead atoms. The standard InChI is InChI=1S/C19H20N2O5/c1-24-13-6-4-5-12(9-13)21-18(22)11-16(19(21)23)20-15-8-7-14(25-2)10-17(15)26-3/h4-10,16,20H,11H2,1-3H3/t16-/m0/s1. The van der Waals surface area contributed by atoms with E-state index in [9.17, 15) is 9.59 Å². The van der Waals surface area contributed by atoms with Gasteiger partial charge in [-0.3, -0.25) is 9.59 Å². The van der Waals surface area contributed by atoms with Gasteiger partial charge in [-0.15, -0.1) is 0 Å². The Hall–Kier alpha value is -3.22. The lowest BCUT2D eigenvalue weighted by Gasteiger charge is -2.18. The zero-order valence-electron chi connectivity index (χ0n) is 14.8. The molecule has 1 saturated heterocycles. The van der Waals surface area contributed by atoms with Crippen LogP contribution in [0.25, 0.3) is 0 Å². The molecule has 0 aromatic heterocycles. The molecule has 136 valence electrons. The fourth-order valence-electron chi connectivity index (χ4n) is 2.87. The summed E-state index contributed by atoms with van der Waals surface area (Å²) in [5, 5.41) is 3.10. The van der Waals surface area contributed by atoms with Crippen LogP contribution in [0.4, 0.5) is 11.4 Å². The van der Waals surface area contributed by atoms with Gasteiger partial charge >= 0.3 is 0 Å². The van der Waals surface area contributed by atoms with Crippen LogP contribution in [0.15, 0.2) is 42.5 Å². The first-order valence-electron chi connectivity index (χ1n) is 8.06.